The Bertz CT molecular complexity index is 374. The zero-order valence-electron chi connectivity index (χ0n) is 12.6. The van der Waals surface area contributed by atoms with Gasteiger partial charge in [-0.25, -0.2) is 13.1 Å². The van der Waals surface area contributed by atoms with Gasteiger partial charge in [-0.1, -0.05) is 0 Å². The Labute approximate surface area is 123 Å². The maximum Gasteiger partial charge on any atom is 0.211 e. The van der Waals surface area contributed by atoms with Crippen molar-refractivity contribution in [2.45, 2.75) is 44.6 Å². The van der Waals surface area contributed by atoms with Crippen LogP contribution in [-0.4, -0.2) is 58.3 Å². The van der Waals surface area contributed by atoms with Gasteiger partial charge in [0.1, 0.15) is 0 Å². The molecule has 1 saturated heterocycles. The Balaban J connectivity index is 1.52. The molecular formula is C14H29N3O2S. The zero-order valence-corrected chi connectivity index (χ0v) is 13.4. The van der Waals surface area contributed by atoms with Crippen LogP contribution in [0.3, 0.4) is 0 Å². The van der Waals surface area contributed by atoms with Gasteiger partial charge in [0, 0.05) is 12.6 Å². The summed E-state index contributed by atoms with van der Waals surface area (Å²) < 4.78 is 26.4. The minimum absolute atomic E-state index is 0.250. The maximum atomic E-state index is 11.8. The highest BCUT2D eigenvalue weighted by atomic mass is 32.2. The SMILES string of the molecule is CN1CCC(CCNS(=O)(=O)CCCNC2CC2)CC1. The second-order valence-corrected chi connectivity index (χ2v) is 8.26. The highest BCUT2D eigenvalue weighted by Crippen LogP contribution is 2.19. The fraction of sp³-hybridized carbons (Fsp3) is 1.00. The summed E-state index contributed by atoms with van der Waals surface area (Å²) in [5, 5.41) is 3.34. The Morgan fingerprint density at radius 2 is 1.80 bits per heavy atom. The van der Waals surface area contributed by atoms with Gasteiger partial charge in [0.2, 0.25) is 10.0 Å². The van der Waals surface area contributed by atoms with Gasteiger partial charge in [0.25, 0.3) is 0 Å². The lowest BCUT2D eigenvalue weighted by molar-refractivity contribution is 0.213. The maximum absolute atomic E-state index is 11.8. The molecule has 0 radical (unpaired) electrons. The first-order chi connectivity index (χ1) is 9.55. The average molecular weight is 303 g/mol. The molecular weight excluding hydrogens is 274 g/mol. The number of piperidine rings is 1. The summed E-state index contributed by atoms with van der Waals surface area (Å²) in [7, 11) is -0.924. The predicted octanol–water partition coefficient (Wildman–Crippen LogP) is 0.780. The Kier molecular flexibility index (Phi) is 6.26. The first-order valence-corrected chi connectivity index (χ1v) is 9.60. The number of nitrogens with one attached hydrogen (secondary N) is 2. The summed E-state index contributed by atoms with van der Waals surface area (Å²) in [6, 6.07) is 0.662. The molecule has 20 heavy (non-hydrogen) atoms. The van der Waals surface area contributed by atoms with Crippen molar-refractivity contribution in [3.8, 4) is 0 Å². The van der Waals surface area contributed by atoms with E-state index in [2.05, 4.69) is 22.0 Å². The molecule has 0 amide bonds. The Hall–Kier alpha value is -0.170. The molecule has 1 saturated carbocycles. The van der Waals surface area contributed by atoms with Crippen molar-refractivity contribution in [1.82, 2.24) is 14.9 Å². The van der Waals surface area contributed by atoms with Gasteiger partial charge >= 0.3 is 0 Å². The third kappa shape index (κ3) is 6.52. The summed E-state index contributed by atoms with van der Waals surface area (Å²) in [6.07, 6.45) is 6.59. The number of sulfonamides is 1. The molecule has 118 valence electrons. The third-order valence-corrected chi connectivity index (χ3v) is 5.78. The van der Waals surface area contributed by atoms with Crippen LogP contribution in [0.1, 0.15) is 38.5 Å². The smallest absolute Gasteiger partial charge is 0.211 e. The van der Waals surface area contributed by atoms with Gasteiger partial charge < -0.3 is 10.2 Å². The van der Waals surface area contributed by atoms with Gasteiger partial charge in [0.15, 0.2) is 0 Å². The van der Waals surface area contributed by atoms with Crippen molar-refractivity contribution in [3.05, 3.63) is 0 Å². The quantitative estimate of drug-likeness (QED) is 0.618. The molecule has 2 fully saturated rings. The second-order valence-electron chi connectivity index (χ2n) is 6.33. The van der Waals surface area contributed by atoms with Crippen molar-refractivity contribution in [2.75, 3.05) is 39.0 Å². The zero-order chi connectivity index (χ0) is 14.4. The van der Waals surface area contributed by atoms with Crippen molar-refractivity contribution < 1.29 is 8.42 Å². The van der Waals surface area contributed by atoms with E-state index in [0.717, 1.165) is 26.1 Å². The molecule has 2 rings (SSSR count). The molecule has 2 N–H and O–H groups in total. The molecule has 0 atom stereocenters. The summed E-state index contributed by atoms with van der Waals surface area (Å²) in [4.78, 5) is 2.34. The molecule has 1 aliphatic heterocycles. The van der Waals surface area contributed by atoms with E-state index in [9.17, 15) is 8.42 Å². The third-order valence-electron chi connectivity index (χ3n) is 4.31. The lowest BCUT2D eigenvalue weighted by atomic mass is 9.94. The molecule has 5 nitrogen and oxygen atoms in total. The summed E-state index contributed by atoms with van der Waals surface area (Å²) >= 11 is 0. The van der Waals surface area contributed by atoms with Crippen molar-refractivity contribution in [2.24, 2.45) is 5.92 Å². The molecule has 0 bridgehead atoms. The van der Waals surface area contributed by atoms with Crippen molar-refractivity contribution in [3.63, 3.8) is 0 Å². The fourth-order valence-corrected chi connectivity index (χ4v) is 3.79. The van der Waals surface area contributed by atoms with Crippen LogP contribution in [0, 0.1) is 5.92 Å². The summed E-state index contributed by atoms with van der Waals surface area (Å²) in [5.41, 5.74) is 0. The molecule has 0 aromatic rings. The van der Waals surface area contributed by atoms with Crippen LogP contribution < -0.4 is 10.0 Å². The molecule has 2 aliphatic rings. The molecule has 1 heterocycles. The monoisotopic (exact) mass is 303 g/mol. The molecule has 1 aliphatic carbocycles. The second kappa shape index (κ2) is 7.73. The van der Waals surface area contributed by atoms with Gasteiger partial charge in [-0.05, 0) is 71.1 Å². The minimum Gasteiger partial charge on any atom is -0.314 e. The van der Waals surface area contributed by atoms with E-state index < -0.39 is 10.0 Å². The van der Waals surface area contributed by atoms with E-state index in [0.29, 0.717) is 24.9 Å². The molecule has 0 unspecified atom stereocenters. The molecule has 0 aromatic carbocycles. The van der Waals surface area contributed by atoms with Crippen LogP contribution >= 0.6 is 0 Å². The average Bonchev–Trinajstić information content (AvgIpc) is 3.21. The van der Waals surface area contributed by atoms with E-state index in [1.807, 2.05) is 0 Å². The van der Waals surface area contributed by atoms with Gasteiger partial charge in [-0.3, -0.25) is 0 Å². The highest BCUT2D eigenvalue weighted by Gasteiger charge is 2.20. The topological polar surface area (TPSA) is 61.4 Å². The number of hydrogen-bond acceptors (Lipinski definition) is 4. The lowest BCUT2D eigenvalue weighted by Gasteiger charge is -2.28. The molecule has 0 aromatic heterocycles. The van der Waals surface area contributed by atoms with Crippen LogP contribution in [0.2, 0.25) is 0 Å². The largest absolute Gasteiger partial charge is 0.314 e. The van der Waals surface area contributed by atoms with E-state index >= 15 is 0 Å². The van der Waals surface area contributed by atoms with E-state index in [4.69, 9.17) is 0 Å². The Morgan fingerprint density at radius 3 is 2.45 bits per heavy atom. The van der Waals surface area contributed by atoms with Gasteiger partial charge in [-0.2, -0.15) is 0 Å². The van der Waals surface area contributed by atoms with Crippen LogP contribution in [0.5, 0.6) is 0 Å². The predicted molar refractivity (Wildman–Crippen MR) is 82.3 cm³/mol. The van der Waals surface area contributed by atoms with E-state index in [-0.39, 0.29) is 5.75 Å². The summed E-state index contributed by atoms with van der Waals surface area (Å²) in [5.74, 6) is 0.936. The van der Waals surface area contributed by atoms with E-state index in [1.165, 1.54) is 25.7 Å². The van der Waals surface area contributed by atoms with Crippen LogP contribution in [0.4, 0.5) is 0 Å². The normalized spacial score (nSPS) is 22.2. The first kappa shape index (κ1) is 16.2. The minimum atomic E-state index is -3.07. The van der Waals surface area contributed by atoms with Gasteiger partial charge in [0.05, 0.1) is 5.75 Å². The Morgan fingerprint density at radius 1 is 1.10 bits per heavy atom. The van der Waals surface area contributed by atoms with Crippen molar-refractivity contribution >= 4 is 10.0 Å². The van der Waals surface area contributed by atoms with Crippen LogP contribution in [-0.2, 0) is 10.0 Å². The van der Waals surface area contributed by atoms with Crippen LogP contribution in [0.15, 0.2) is 0 Å². The number of nitrogens with zero attached hydrogens (tertiary/aromatic N) is 1. The molecule has 0 spiro atoms. The number of hydrogen-bond donors (Lipinski definition) is 2. The van der Waals surface area contributed by atoms with E-state index in [1.54, 1.807) is 0 Å². The first-order valence-electron chi connectivity index (χ1n) is 7.94. The lowest BCUT2D eigenvalue weighted by Crippen LogP contribution is -2.33. The number of likely N-dealkylation sites (tertiary alicyclic amines) is 1. The standard InChI is InChI=1S/C14H29N3O2S/c1-17-10-6-13(7-11-17)5-9-16-20(18,19)12-2-8-15-14-3-4-14/h13-16H,2-12H2,1H3. The fourth-order valence-electron chi connectivity index (χ4n) is 2.70. The number of rotatable bonds is 9. The van der Waals surface area contributed by atoms with Crippen molar-refractivity contribution in [1.29, 1.82) is 0 Å². The van der Waals surface area contributed by atoms with Crippen LogP contribution in [0.25, 0.3) is 0 Å². The summed E-state index contributed by atoms with van der Waals surface area (Å²) in [6.45, 7) is 3.71. The highest BCUT2D eigenvalue weighted by molar-refractivity contribution is 7.89. The van der Waals surface area contributed by atoms with Gasteiger partial charge in [-0.15, -0.1) is 0 Å². The molecule has 6 heteroatoms.